The zero-order chi connectivity index (χ0) is 20.9. The van der Waals surface area contributed by atoms with E-state index in [1.165, 1.54) is 12.1 Å². The van der Waals surface area contributed by atoms with Gasteiger partial charge in [0.25, 0.3) is 5.91 Å². The molecule has 0 radical (unpaired) electrons. The van der Waals surface area contributed by atoms with Gasteiger partial charge in [0, 0.05) is 36.4 Å². The van der Waals surface area contributed by atoms with Gasteiger partial charge in [0.05, 0.1) is 12.6 Å². The first kappa shape index (κ1) is 20.3. The molecule has 0 bridgehead atoms. The number of nitrogens with one attached hydrogen (secondary N) is 2. The summed E-state index contributed by atoms with van der Waals surface area (Å²) in [5, 5.41) is 17.7. The molecule has 1 aliphatic rings. The zero-order valence-corrected chi connectivity index (χ0v) is 16.5. The molecule has 0 unspecified atom stereocenters. The number of fused-ring (bicyclic) bond motifs is 1. The van der Waals surface area contributed by atoms with Crippen molar-refractivity contribution in [3.05, 3.63) is 71.7 Å². The molecule has 0 spiro atoms. The highest BCUT2D eigenvalue weighted by molar-refractivity contribution is 5.99. The molecule has 2 heterocycles. The monoisotopic (exact) mass is 409 g/mol. The Balaban J connectivity index is 1.51. The largest absolute Gasteiger partial charge is 0.394 e. The van der Waals surface area contributed by atoms with Crippen LogP contribution in [0.2, 0.25) is 0 Å². The van der Waals surface area contributed by atoms with Crippen molar-refractivity contribution in [2.45, 2.75) is 24.9 Å². The molecule has 1 aliphatic heterocycles. The van der Waals surface area contributed by atoms with E-state index in [0.29, 0.717) is 17.2 Å². The third kappa shape index (κ3) is 4.75. The lowest BCUT2D eigenvalue weighted by Crippen LogP contribution is -2.30. The van der Waals surface area contributed by atoms with Crippen molar-refractivity contribution >= 4 is 22.5 Å². The van der Waals surface area contributed by atoms with Crippen LogP contribution in [0.5, 0.6) is 0 Å². The molecule has 4 rings (SSSR count). The minimum Gasteiger partial charge on any atom is -0.394 e. The molecule has 1 fully saturated rings. The number of carbonyl (C=O) groups excluding carboxylic acids is 1. The fourth-order valence-corrected chi connectivity index (χ4v) is 3.61. The quantitative estimate of drug-likeness (QED) is 0.581. The second-order valence-electron chi connectivity index (χ2n) is 7.43. The first-order valence-corrected chi connectivity index (χ1v) is 10.0. The van der Waals surface area contributed by atoms with E-state index in [1.807, 2.05) is 12.1 Å². The number of aliphatic hydroxyl groups excluding tert-OH is 1. The number of pyridine rings is 1. The summed E-state index contributed by atoms with van der Waals surface area (Å²) in [5.41, 5.74) is 0.972. The van der Waals surface area contributed by atoms with Crippen LogP contribution in [0.25, 0.3) is 10.8 Å². The highest BCUT2D eigenvalue weighted by Gasteiger charge is 2.17. The van der Waals surface area contributed by atoms with Crippen LogP contribution in [-0.4, -0.2) is 41.9 Å². The Hall–Kier alpha value is -3.03. The normalized spacial score (nSPS) is 15.7. The molecule has 3 aromatic rings. The Bertz CT molecular complexity index is 1040. The van der Waals surface area contributed by atoms with Gasteiger partial charge >= 0.3 is 0 Å². The third-order valence-corrected chi connectivity index (χ3v) is 5.30. The minimum atomic E-state index is -0.688. The number of halogens is 1. The third-order valence-electron chi connectivity index (χ3n) is 5.30. The average molecular weight is 409 g/mol. The first-order valence-electron chi connectivity index (χ1n) is 10.0. The summed E-state index contributed by atoms with van der Waals surface area (Å²) >= 11 is 0. The van der Waals surface area contributed by atoms with Crippen LogP contribution in [-0.2, 0) is 4.74 Å². The molecule has 2 aromatic carbocycles. The number of hydrogen-bond donors (Lipinski definition) is 3. The van der Waals surface area contributed by atoms with Crippen molar-refractivity contribution in [1.82, 2.24) is 10.3 Å². The van der Waals surface area contributed by atoms with Gasteiger partial charge in [0.2, 0.25) is 0 Å². The lowest BCUT2D eigenvalue weighted by molar-refractivity contribution is 0.0903. The van der Waals surface area contributed by atoms with E-state index in [9.17, 15) is 14.3 Å². The summed E-state index contributed by atoms with van der Waals surface area (Å²) in [5.74, 6) is 0.0128. The van der Waals surface area contributed by atoms with Gasteiger partial charge in [-0.3, -0.25) is 4.79 Å². The van der Waals surface area contributed by atoms with Crippen LogP contribution in [0.15, 0.2) is 54.7 Å². The summed E-state index contributed by atoms with van der Waals surface area (Å²) in [6, 6.07) is 12.8. The molecule has 0 saturated carbocycles. The standard InChI is InChI=1S/C23H24FN3O3/c24-19-3-1-2-15(11-19)21(14-28)27-23(29)16-4-5-17-13-25-22(12-18(17)10-16)26-20-6-8-30-9-7-20/h1-5,10-13,20-21,28H,6-9,14H2,(H,25,26)(H,27,29)/t21-/m1/s1. The second kappa shape index (κ2) is 9.19. The molecule has 6 nitrogen and oxygen atoms in total. The predicted octanol–water partition coefficient (Wildman–Crippen LogP) is 3.43. The summed E-state index contributed by atoms with van der Waals surface area (Å²) in [7, 11) is 0. The Morgan fingerprint density at radius 1 is 1.17 bits per heavy atom. The fraction of sp³-hybridized carbons (Fsp3) is 0.304. The molecule has 1 atom stereocenters. The van der Waals surface area contributed by atoms with Gasteiger partial charge in [-0.2, -0.15) is 0 Å². The fourth-order valence-electron chi connectivity index (χ4n) is 3.61. The lowest BCUT2D eigenvalue weighted by atomic mass is 10.0. The molecule has 1 saturated heterocycles. The first-order chi connectivity index (χ1) is 14.6. The van der Waals surface area contributed by atoms with E-state index in [2.05, 4.69) is 15.6 Å². The highest BCUT2D eigenvalue weighted by atomic mass is 19.1. The average Bonchev–Trinajstić information content (AvgIpc) is 2.77. The molecule has 7 heteroatoms. The van der Waals surface area contributed by atoms with Crippen LogP contribution < -0.4 is 10.6 Å². The predicted molar refractivity (Wildman–Crippen MR) is 113 cm³/mol. The maximum atomic E-state index is 13.5. The maximum absolute atomic E-state index is 13.5. The number of hydrogen-bond acceptors (Lipinski definition) is 5. The number of aliphatic hydroxyl groups is 1. The Morgan fingerprint density at radius 3 is 2.77 bits per heavy atom. The summed E-state index contributed by atoms with van der Waals surface area (Å²) in [4.78, 5) is 17.2. The lowest BCUT2D eigenvalue weighted by Gasteiger charge is -2.23. The summed E-state index contributed by atoms with van der Waals surface area (Å²) < 4.78 is 18.9. The van der Waals surface area contributed by atoms with Crippen LogP contribution in [0.4, 0.5) is 10.2 Å². The van der Waals surface area contributed by atoms with E-state index >= 15 is 0 Å². The van der Waals surface area contributed by atoms with Gasteiger partial charge in [-0.25, -0.2) is 9.37 Å². The topological polar surface area (TPSA) is 83.5 Å². The van der Waals surface area contributed by atoms with Crippen molar-refractivity contribution in [1.29, 1.82) is 0 Å². The Morgan fingerprint density at radius 2 is 2.00 bits per heavy atom. The van der Waals surface area contributed by atoms with Gasteiger partial charge in [-0.15, -0.1) is 0 Å². The number of ether oxygens (including phenoxy) is 1. The van der Waals surface area contributed by atoms with E-state index in [0.717, 1.165) is 42.6 Å². The van der Waals surface area contributed by atoms with Crippen molar-refractivity contribution in [3.63, 3.8) is 0 Å². The molecule has 156 valence electrons. The number of nitrogens with zero attached hydrogens (tertiary/aromatic N) is 1. The number of anilines is 1. The van der Waals surface area contributed by atoms with Crippen LogP contribution in [0.3, 0.4) is 0 Å². The number of aromatic nitrogens is 1. The molecule has 30 heavy (non-hydrogen) atoms. The number of amides is 1. The van der Waals surface area contributed by atoms with Crippen LogP contribution >= 0.6 is 0 Å². The molecular formula is C23H24FN3O3. The second-order valence-corrected chi connectivity index (χ2v) is 7.43. The van der Waals surface area contributed by atoms with Crippen molar-refractivity contribution in [3.8, 4) is 0 Å². The number of benzene rings is 2. The van der Waals surface area contributed by atoms with Crippen molar-refractivity contribution in [2.24, 2.45) is 0 Å². The van der Waals surface area contributed by atoms with Gasteiger partial charge in [0.15, 0.2) is 0 Å². The smallest absolute Gasteiger partial charge is 0.251 e. The Labute approximate surface area is 174 Å². The van der Waals surface area contributed by atoms with Gasteiger partial charge in [-0.1, -0.05) is 18.2 Å². The van der Waals surface area contributed by atoms with E-state index < -0.39 is 11.9 Å². The SMILES string of the molecule is O=C(N[C@H](CO)c1cccc(F)c1)c1ccc2cnc(NC3CCOCC3)cc2c1. The van der Waals surface area contributed by atoms with E-state index in [-0.39, 0.29) is 12.5 Å². The molecular weight excluding hydrogens is 385 g/mol. The van der Waals surface area contributed by atoms with Gasteiger partial charge < -0.3 is 20.5 Å². The minimum absolute atomic E-state index is 0.326. The molecule has 0 aliphatic carbocycles. The van der Waals surface area contributed by atoms with Gasteiger partial charge in [-0.05, 0) is 54.1 Å². The number of rotatable bonds is 6. The van der Waals surface area contributed by atoms with Crippen molar-refractivity contribution in [2.75, 3.05) is 25.1 Å². The molecule has 1 aromatic heterocycles. The van der Waals surface area contributed by atoms with E-state index in [4.69, 9.17) is 4.74 Å². The molecule has 3 N–H and O–H groups in total. The maximum Gasteiger partial charge on any atom is 0.251 e. The van der Waals surface area contributed by atoms with Crippen molar-refractivity contribution < 1.29 is 19.0 Å². The summed E-state index contributed by atoms with van der Waals surface area (Å²) in [6.45, 7) is 1.16. The zero-order valence-electron chi connectivity index (χ0n) is 16.5. The van der Waals surface area contributed by atoms with E-state index in [1.54, 1.807) is 30.5 Å². The number of carbonyl (C=O) groups is 1. The molecule has 1 amide bonds. The highest BCUT2D eigenvalue weighted by Crippen LogP contribution is 2.21. The Kier molecular flexibility index (Phi) is 6.21. The summed E-state index contributed by atoms with van der Waals surface area (Å²) in [6.07, 6.45) is 3.65. The van der Waals surface area contributed by atoms with Gasteiger partial charge in [0.1, 0.15) is 11.6 Å². The van der Waals surface area contributed by atoms with Crippen LogP contribution in [0, 0.1) is 5.82 Å². The van der Waals surface area contributed by atoms with Crippen LogP contribution in [0.1, 0.15) is 34.8 Å².